The first-order valence-corrected chi connectivity index (χ1v) is 6.82. The van der Waals surface area contributed by atoms with Gasteiger partial charge in [-0.3, -0.25) is 0 Å². The van der Waals surface area contributed by atoms with Crippen LogP contribution in [0.25, 0.3) is 0 Å². The Morgan fingerprint density at radius 2 is 1.86 bits per heavy atom. The molecule has 0 radical (unpaired) electrons. The minimum Gasteiger partial charge on any atom is -0.467 e. The van der Waals surface area contributed by atoms with Gasteiger partial charge < -0.3 is 10.1 Å². The van der Waals surface area contributed by atoms with Crippen LogP contribution < -0.4 is 5.32 Å². The molecular weight excluding hydrogens is 316 g/mol. The first-order chi connectivity index (χ1) is 10.0. The van der Waals surface area contributed by atoms with Gasteiger partial charge in [-0.1, -0.05) is 35.3 Å². The normalized spacial score (nSPS) is 11.8. The number of anilines is 1. The van der Waals surface area contributed by atoms with Gasteiger partial charge in [0.25, 0.3) is 0 Å². The average Bonchev–Trinajstić information content (AvgIpc) is 2.49. The maximum Gasteiger partial charge on any atom is 0.333 e. The smallest absolute Gasteiger partial charge is 0.333 e. The van der Waals surface area contributed by atoms with E-state index in [4.69, 9.17) is 27.9 Å². The molecule has 0 aliphatic rings. The monoisotopic (exact) mass is 327 g/mol. The van der Waals surface area contributed by atoms with Crippen molar-refractivity contribution in [2.75, 3.05) is 12.4 Å². The lowest BCUT2D eigenvalue weighted by molar-refractivity contribution is -0.141. The number of nitrogens with one attached hydrogen (secondary N) is 1. The molecule has 3 nitrogen and oxygen atoms in total. The Kier molecular flexibility index (Phi) is 5.04. The summed E-state index contributed by atoms with van der Waals surface area (Å²) >= 11 is 11.6. The Labute approximate surface area is 131 Å². The van der Waals surface area contributed by atoms with Crippen molar-refractivity contribution in [1.82, 2.24) is 0 Å². The Hall–Kier alpha value is -1.78. The zero-order chi connectivity index (χ0) is 15.4. The van der Waals surface area contributed by atoms with Crippen molar-refractivity contribution in [2.24, 2.45) is 0 Å². The van der Waals surface area contributed by atoms with Gasteiger partial charge in [-0.25, -0.2) is 9.18 Å². The summed E-state index contributed by atoms with van der Waals surface area (Å²) in [6.07, 6.45) is 0. The van der Waals surface area contributed by atoms with Crippen LogP contribution in [0.3, 0.4) is 0 Å². The molecular formula is C15H12Cl2FNO2. The third kappa shape index (κ3) is 3.65. The van der Waals surface area contributed by atoms with E-state index in [2.05, 4.69) is 5.32 Å². The number of rotatable bonds is 4. The molecule has 2 rings (SSSR count). The van der Waals surface area contributed by atoms with Gasteiger partial charge in [0.1, 0.15) is 5.82 Å². The van der Waals surface area contributed by atoms with E-state index in [-0.39, 0.29) is 10.6 Å². The molecule has 0 aliphatic heterocycles. The molecule has 0 saturated carbocycles. The predicted molar refractivity (Wildman–Crippen MR) is 81.2 cm³/mol. The van der Waals surface area contributed by atoms with Crippen LogP contribution >= 0.6 is 23.2 Å². The van der Waals surface area contributed by atoms with Crippen molar-refractivity contribution in [1.29, 1.82) is 0 Å². The molecule has 1 atom stereocenters. The van der Waals surface area contributed by atoms with Crippen molar-refractivity contribution in [3.05, 3.63) is 63.9 Å². The van der Waals surface area contributed by atoms with Gasteiger partial charge in [0, 0.05) is 16.3 Å². The van der Waals surface area contributed by atoms with Crippen molar-refractivity contribution >= 4 is 34.9 Å². The topological polar surface area (TPSA) is 38.3 Å². The molecule has 0 spiro atoms. The molecule has 0 fully saturated rings. The molecule has 0 heterocycles. The predicted octanol–water partition coefficient (Wildman–Crippen LogP) is 4.46. The molecule has 0 bridgehead atoms. The van der Waals surface area contributed by atoms with Crippen LogP contribution in [0.5, 0.6) is 0 Å². The molecule has 1 N–H and O–H groups in total. The first-order valence-electron chi connectivity index (χ1n) is 6.06. The number of hydrogen-bond donors (Lipinski definition) is 1. The third-order valence-corrected chi connectivity index (χ3v) is 3.43. The van der Waals surface area contributed by atoms with Gasteiger partial charge in [-0.2, -0.15) is 0 Å². The van der Waals surface area contributed by atoms with E-state index in [1.807, 2.05) is 0 Å². The molecule has 21 heavy (non-hydrogen) atoms. The van der Waals surface area contributed by atoms with Gasteiger partial charge >= 0.3 is 5.97 Å². The van der Waals surface area contributed by atoms with Gasteiger partial charge in [0.15, 0.2) is 6.04 Å². The molecule has 2 aromatic carbocycles. The maximum atomic E-state index is 14.1. The largest absolute Gasteiger partial charge is 0.467 e. The van der Waals surface area contributed by atoms with Crippen molar-refractivity contribution in [3.8, 4) is 0 Å². The molecule has 1 unspecified atom stereocenters. The first kappa shape index (κ1) is 15.6. The Balaban J connectivity index is 2.37. The van der Waals surface area contributed by atoms with Crippen molar-refractivity contribution < 1.29 is 13.9 Å². The summed E-state index contributed by atoms with van der Waals surface area (Å²) in [5, 5.41) is 3.41. The molecule has 6 heteroatoms. The van der Waals surface area contributed by atoms with Crippen LogP contribution in [0.2, 0.25) is 10.0 Å². The fourth-order valence-corrected chi connectivity index (χ4v) is 2.15. The zero-order valence-corrected chi connectivity index (χ0v) is 12.6. The summed E-state index contributed by atoms with van der Waals surface area (Å²) in [5.74, 6) is -1.28. The summed E-state index contributed by atoms with van der Waals surface area (Å²) in [4.78, 5) is 11.9. The minimum absolute atomic E-state index is 0.0562. The molecule has 0 saturated heterocycles. The van der Waals surface area contributed by atoms with E-state index in [9.17, 15) is 9.18 Å². The fourth-order valence-electron chi connectivity index (χ4n) is 1.84. The van der Waals surface area contributed by atoms with Gasteiger partial charge in [-0.15, -0.1) is 0 Å². The Morgan fingerprint density at radius 1 is 1.19 bits per heavy atom. The summed E-state index contributed by atoms with van der Waals surface area (Å²) in [7, 11) is 1.24. The standard InChI is InChI=1S/C15H12Cl2FNO2/c1-21-15(20)14(11-3-2-4-12(17)13(11)18)19-10-7-5-9(16)6-8-10/h2-8,14,19H,1H3. The highest BCUT2D eigenvalue weighted by molar-refractivity contribution is 6.31. The lowest BCUT2D eigenvalue weighted by Gasteiger charge is -2.19. The number of hydrogen-bond acceptors (Lipinski definition) is 3. The van der Waals surface area contributed by atoms with E-state index in [1.165, 1.54) is 19.2 Å². The maximum absolute atomic E-state index is 14.1. The number of carbonyl (C=O) groups is 1. The number of methoxy groups -OCH3 is 1. The third-order valence-electron chi connectivity index (χ3n) is 2.88. The molecule has 0 aromatic heterocycles. The lowest BCUT2D eigenvalue weighted by Crippen LogP contribution is -2.23. The van der Waals surface area contributed by atoms with Gasteiger partial charge in [0.2, 0.25) is 0 Å². The summed E-state index contributed by atoms with van der Waals surface area (Å²) in [6.45, 7) is 0. The van der Waals surface area contributed by atoms with Gasteiger partial charge in [0.05, 0.1) is 12.1 Å². The van der Waals surface area contributed by atoms with Crippen LogP contribution in [-0.4, -0.2) is 13.1 Å². The number of esters is 1. The van der Waals surface area contributed by atoms with Crippen LogP contribution in [-0.2, 0) is 9.53 Å². The highest BCUT2D eigenvalue weighted by Gasteiger charge is 2.25. The number of ether oxygens (including phenoxy) is 1. The van der Waals surface area contributed by atoms with Crippen LogP contribution in [0.1, 0.15) is 11.6 Å². The van der Waals surface area contributed by atoms with E-state index in [0.29, 0.717) is 10.7 Å². The zero-order valence-electron chi connectivity index (χ0n) is 11.1. The molecule has 0 aliphatic carbocycles. The fraction of sp³-hybridized carbons (Fsp3) is 0.133. The average molecular weight is 328 g/mol. The quantitative estimate of drug-likeness (QED) is 0.842. The summed E-state index contributed by atoms with van der Waals surface area (Å²) in [5.41, 5.74) is 0.721. The second-order valence-corrected chi connectivity index (χ2v) is 5.09. The van der Waals surface area contributed by atoms with E-state index < -0.39 is 17.8 Å². The van der Waals surface area contributed by atoms with Crippen molar-refractivity contribution in [3.63, 3.8) is 0 Å². The summed E-state index contributed by atoms with van der Waals surface area (Å²) in [6, 6.07) is 10.1. The van der Waals surface area contributed by atoms with Crippen molar-refractivity contribution in [2.45, 2.75) is 6.04 Å². The van der Waals surface area contributed by atoms with Crippen LogP contribution in [0.4, 0.5) is 10.1 Å². The van der Waals surface area contributed by atoms with E-state index >= 15 is 0 Å². The van der Waals surface area contributed by atoms with Crippen LogP contribution in [0, 0.1) is 5.82 Å². The number of carbonyl (C=O) groups excluding carboxylic acids is 1. The highest BCUT2D eigenvalue weighted by atomic mass is 35.5. The van der Waals surface area contributed by atoms with E-state index in [0.717, 1.165) is 0 Å². The van der Waals surface area contributed by atoms with Gasteiger partial charge in [-0.05, 0) is 30.3 Å². The Morgan fingerprint density at radius 3 is 2.48 bits per heavy atom. The molecule has 2 aromatic rings. The molecule has 0 amide bonds. The minimum atomic E-state index is -1.00. The SMILES string of the molecule is COC(=O)C(Nc1ccc(Cl)cc1)c1cccc(Cl)c1F. The van der Waals surface area contributed by atoms with Crippen LogP contribution in [0.15, 0.2) is 42.5 Å². The number of halogens is 3. The summed E-state index contributed by atoms with van der Waals surface area (Å²) < 4.78 is 18.8. The molecule has 110 valence electrons. The Bertz CT molecular complexity index is 647. The second kappa shape index (κ2) is 6.78. The lowest BCUT2D eigenvalue weighted by atomic mass is 10.1. The van der Waals surface area contributed by atoms with E-state index in [1.54, 1.807) is 30.3 Å². The number of benzene rings is 2. The second-order valence-electron chi connectivity index (χ2n) is 4.25. The highest BCUT2D eigenvalue weighted by Crippen LogP contribution is 2.27.